The van der Waals surface area contributed by atoms with Crippen LogP contribution < -0.4 is 16.0 Å². The van der Waals surface area contributed by atoms with Gasteiger partial charge in [0.25, 0.3) is 5.91 Å². The Bertz CT molecular complexity index is 1420. The van der Waals surface area contributed by atoms with E-state index < -0.39 is 65.3 Å². The molecule has 4 bridgehead atoms. The number of benzene rings is 1. The van der Waals surface area contributed by atoms with E-state index in [1.54, 1.807) is 25.7 Å². The summed E-state index contributed by atoms with van der Waals surface area (Å²) in [6, 6.07) is 2.74. The molecule has 1 saturated heterocycles. The number of cyclic esters (lactones) is 1. The number of amides is 5. The Hall–Kier alpha value is -4.42. The number of ether oxygens (including phenoxy) is 2. The van der Waals surface area contributed by atoms with Crippen LogP contribution in [0.25, 0.3) is 0 Å². The van der Waals surface area contributed by atoms with Gasteiger partial charge in [-0.15, -0.1) is 6.58 Å². The van der Waals surface area contributed by atoms with E-state index in [4.69, 9.17) is 9.47 Å². The fourth-order valence-electron chi connectivity index (χ4n) is 6.59. The molecule has 268 valence electrons. The number of hydrogen-bond acceptors (Lipinski definition) is 8. The molecule has 1 fully saturated rings. The Morgan fingerprint density at radius 1 is 1.08 bits per heavy atom. The minimum Gasteiger partial charge on any atom is -0.450 e. The summed E-state index contributed by atoms with van der Waals surface area (Å²) in [6.07, 6.45) is 4.28. The highest BCUT2D eigenvalue weighted by molar-refractivity contribution is 6.38. The van der Waals surface area contributed by atoms with Crippen LogP contribution in [0.4, 0.5) is 9.59 Å². The molecule has 0 saturated carbocycles. The first-order valence-corrected chi connectivity index (χ1v) is 17.4. The zero-order chi connectivity index (χ0) is 35.7. The predicted molar refractivity (Wildman–Crippen MR) is 181 cm³/mol. The van der Waals surface area contributed by atoms with E-state index in [2.05, 4.69) is 28.6 Å². The number of ketones is 1. The van der Waals surface area contributed by atoms with Gasteiger partial charge in [0.2, 0.25) is 17.6 Å². The maximum absolute atomic E-state index is 14.3. The topological polar surface area (TPSA) is 163 Å². The largest absolute Gasteiger partial charge is 0.450 e. The lowest BCUT2D eigenvalue weighted by Crippen LogP contribution is -2.59. The number of aryl methyl sites for hydroxylation is 1. The number of Topliss-reactive ketones (excluding diaryl/α,β-unsaturated/α-hetero) is 1. The van der Waals surface area contributed by atoms with E-state index in [0.29, 0.717) is 25.9 Å². The Morgan fingerprint density at radius 2 is 1.82 bits per heavy atom. The number of alkyl carbamates (subject to hydrolysis) is 1. The molecule has 13 heteroatoms. The Kier molecular flexibility index (Phi) is 12.8. The van der Waals surface area contributed by atoms with Crippen molar-refractivity contribution in [3.8, 4) is 0 Å². The zero-order valence-corrected chi connectivity index (χ0v) is 29.2. The van der Waals surface area contributed by atoms with Gasteiger partial charge in [0, 0.05) is 26.1 Å². The molecule has 0 radical (unpaired) electrons. The molecule has 1 unspecified atom stereocenters. The molecule has 49 heavy (non-hydrogen) atoms. The maximum atomic E-state index is 14.3. The summed E-state index contributed by atoms with van der Waals surface area (Å²) in [4.78, 5) is 83.0. The van der Waals surface area contributed by atoms with Crippen molar-refractivity contribution in [2.24, 2.45) is 5.41 Å². The van der Waals surface area contributed by atoms with Crippen LogP contribution in [0, 0.1) is 5.41 Å². The molecule has 3 aliphatic rings. The van der Waals surface area contributed by atoms with Gasteiger partial charge in [-0.2, -0.15) is 0 Å². The van der Waals surface area contributed by atoms with E-state index in [1.807, 2.05) is 19.1 Å². The van der Waals surface area contributed by atoms with Gasteiger partial charge in [-0.1, -0.05) is 71.2 Å². The zero-order valence-electron chi connectivity index (χ0n) is 29.2. The van der Waals surface area contributed by atoms with Crippen molar-refractivity contribution in [1.29, 1.82) is 0 Å². The summed E-state index contributed by atoms with van der Waals surface area (Å²) in [5, 5.41) is 7.83. The van der Waals surface area contributed by atoms with Gasteiger partial charge in [0.15, 0.2) is 0 Å². The fourth-order valence-corrected chi connectivity index (χ4v) is 6.59. The van der Waals surface area contributed by atoms with Gasteiger partial charge in [-0.25, -0.2) is 9.59 Å². The molecule has 4 atom stereocenters. The minimum absolute atomic E-state index is 0.0354. The van der Waals surface area contributed by atoms with Crippen molar-refractivity contribution >= 4 is 35.7 Å². The molecule has 0 spiro atoms. The molecule has 0 aliphatic carbocycles. The highest BCUT2D eigenvalue weighted by Crippen LogP contribution is 2.31. The summed E-state index contributed by atoms with van der Waals surface area (Å²) < 4.78 is 11.4. The van der Waals surface area contributed by atoms with Gasteiger partial charge in [0.1, 0.15) is 18.2 Å². The summed E-state index contributed by atoms with van der Waals surface area (Å²) in [5.41, 5.74) is 2.59. The van der Waals surface area contributed by atoms with Crippen LogP contribution in [-0.4, -0.2) is 89.4 Å². The van der Waals surface area contributed by atoms with Crippen LogP contribution in [0.15, 0.2) is 30.9 Å². The van der Waals surface area contributed by atoms with Crippen molar-refractivity contribution in [3.63, 3.8) is 0 Å². The molecule has 1 aromatic carbocycles. The molecular formula is C36H51N5O8. The van der Waals surface area contributed by atoms with E-state index >= 15 is 0 Å². The summed E-state index contributed by atoms with van der Waals surface area (Å²) in [6.45, 7) is 11.7. The molecule has 3 N–H and O–H groups in total. The number of fused-ring (bicyclic) bond motifs is 3. The highest BCUT2D eigenvalue weighted by atomic mass is 16.6. The number of carbonyl (C=O) groups is 6. The van der Waals surface area contributed by atoms with E-state index in [1.165, 1.54) is 16.5 Å². The van der Waals surface area contributed by atoms with Crippen molar-refractivity contribution in [2.75, 3.05) is 19.7 Å². The molecule has 13 nitrogen and oxygen atoms in total. The van der Waals surface area contributed by atoms with Crippen LogP contribution in [0.3, 0.4) is 0 Å². The number of rotatable bonds is 8. The van der Waals surface area contributed by atoms with Crippen LogP contribution in [0.2, 0.25) is 0 Å². The lowest BCUT2D eigenvalue weighted by atomic mass is 9.85. The minimum atomic E-state index is -1.15. The second-order valence-corrected chi connectivity index (χ2v) is 14.1. The first kappa shape index (κ1) is 37.4. The third-order valence-electron chi connectivity index (χ3n) is 9.24. The number of carbonyl (C=O) groups excluding carboxylic acids is 6. The second kappa shape index (κ2) is 16.8. The number of hydrogen-bond donors (Lipinski definition) is 3. The standard InChI is InChI=1S/C36H51N5O8/c1-6-13-27(29(42)32(44)37-17-7-2)38-31(43)28-19-25-21-41(28)33(45)30(36(3,4)5)39-34(46)48-18-11-9-8-10-14-23-15-12-16-24-20-40(22-26(23)24)35(47)49-25/h7,12,15-16,25,27-28,30H,2,6,8-11,13-14,17-22H2,1,3-5H3,(H,37,44)(H,38,43)(H,39,46)/t25?,27-,28-,30+/m0/s1. The smallest absolute Gasteiger partial charge is 0.410 e. The van der Waals surface area contributed by atoms with Gasteiger partial charge in [0.05, 0.1) is 19.2 Å². The quantitative estimate of drug-likeness (QED) is 0.277. The van der Waals surface area contributed by atoms with E-state index in [0.717, 1.165) is 36.8 Å². The number of nitrogens with zero attached hydrogens (tertiary/aromatic N) is 2. The molecule has 3 aliphatic heterocycles. The van der Waals surface area contributed by atoms with Gasteiger partial charge in [-0.3, -0.25) is 24.1 Å². The van der Waals surface area contributed by atoms with Crippen LogP contribution in [-0.2, 0) is 48.2 Å². The molecule has 1 aromatic rings. The van der Waals surface area contributed by atoms with Crippen molar-refractivity contribution in [2.45, 2.75) is 116 Å². The Labute approximate surface area is 288 Å². The summed E-state index contributed by atoms with van der Waals surface area (Å²) >= 11 is 0. The van der Waals surface area contributed by atoms with Crippen molar-refractivity contribution < 1.29 is 38.2 Å². The maximum Gasteiger partial charge on any atom is 0.410 e. The predicted octanol–water partition coefficient (Wildman–Crippen LogP) is 3.52. The molecular weight excluding hydrogens is 630 g/mol. The van der Waals surface area contributed by atoms with Gasteiger partial charge in [-0.05, 0) is 47.8 Å². The Morgan fingerprint density at radius 3 is 2.53 bits per heavy atom. The van der Waals surface area contributed by atoms with Gasteiger partial charge >= 0.3 is 12.2 Å². The fraction of sp³-hybridized carbons (Fsp3) is 0.611. The van der Waals surface area contributed by atoms with Crippen LogP contribution in [0.1, 0.15) is 89.3 Å². The lowest BCUT2D eigenvalue weighted by molar-refractivity contribution is -0.144. The molecule has 0 aromatic heterocycles. The monoisotopic (exact) mass is 681 g/mol. The molecule has 5 amide bonds. The lowest BCUT2D eigenvalue weighted by Gasteiger charge is -2.35. The SMILES string of the molecule is C=CCNC(=O)C(=O)[C@H](CCC)NC(=O)[C@@H]1CC2CN1C(=O)[C@H](C(C)(C)C)NC(=O)OCCCCCCc1cccc3c1CN(C3)C(=O)O2. The van der Waals surface area contributed by atoms with E-state index in [-0.39, 0.29) is 32.5 Å². The average Bonchev–Trinajstić information content (AvgIpc) is 3.69. The highest BCUT2D eigenvalue weighted by Gasteiger charge is 2.47. The molecule has 4 rings (SSSR count). The van der Waals surface area contributed by atoms with Crippen LogP contribution >= 0.6 is 0 Å². The summed E-state index contributed by atoms with van der Waals surface area (Å²) in [5.74, 6) is -2.89. The Balaban J connectivity index is 1.61. The third kappa shape index (κ3) is 9.60. The van der Waals surface area contributed by atoms with Crippen LogP contribution in [0.5, 0.6) is 0 Å². The van der Waals surface area contributed by atoms with Crippen molar-refractivity contribution in [3.05, 3.63) is 47.5 Å². The first-order chi connectivity index (χ1) is 23.3. The molecule has 3 heterocycles. The van der Waals surface area contributed by atoms with E-state index in [9.17, 15) is 28.8 Å². The normalized spacial score (nSPS) is 22.7. The first-order valence-electron chi connectivity index (χ1n) is 17.4. The summed E-state index contributed by atoms with van der Waals surface area (Å²) in [7, 11) is 0. The second-order valence-electron chi connectivity index (χ2n) is 14.1. The van der Waals surface area contributed by atoms with Crippen molar-refractivity contribution in [1.82, 2.24) is 25.8 Å². The third-order valence-corrected chi connectivity index (χ3v) is 9.24. The van der Waals surface area contributed by atoms with Gasteiger partial charge < -0.3 is 30.3 Å². The average molecular weight is 682 g/mol. The number of nitrogens with one attached hydrogen (secondary N) is 3.